The number of rotatable bonds is 7. The fourth-order valence-corrected chi connectivity index (χ4v) is 3.64. The fourth-order valence-electron chi connectivity index (χ4n) is 3.64. The summed E-state index contributed by atoms with van der Waals surface area (Å²) in [4.78, 5) is 14.8. The van der Waals surface area contributed by atoms with Crippen molar-refractivity contribution < 1.29 is 4.79 Å². The van der Waals surface area contributed by atoms with Crippen molar-refractivity contribution in [2.45, 2.75) is 44.3 Å². The van der Waals surface area contributed by atoms with Crippen LogP contribution in [0.1, 0.15) is 42.9 Å². The van der Waals surface area contributed by atoms with Gasteiger partial charge >= 0.3 is 0 Å². The molecule has 1 amide bonds. The second-order valence-electron chi connectivity index (χ2n) is 7.13. The molecular formula is C22H31Cl2N3O. The maximum Gasteiger partial charge on any atom is 0.221 e. The molecule has 1 heterocycles. The van der Waals surface area contributed by atoms with Crippen molar-refractivity contribution in [3.8, 4) is 0 Å². The normalized spacial score (nSPS) is 17.7. The fraction of sp³-hybridized carbons (Fsp3) is 0.409. The number of hydrogen-bond donors (Lipinski definition) is 2. The summed E-state index contributed by atoms with van der Waals surface area (Å²) >= 11 is 0. The molecule has 1 saturated heterocycles. The third-order valence-electron chi connectivity index (χ3n) is 5.15. The zero-order chi connectivity index (χ0) is 18.2. The number of nitrogens with two attached hydrogens (primary N) is 1. The highest BCUT2D eigenvalue weighted by atomic mass is 35.5. The Labute approximate surface area is 180 Å². The van der Waals surface area contributed by atoms with Gasteiger partial charge in [-0.15, -0.1) is 24.8 Å². The van der Waals surface area contributed by atoms with Gasteiger partial charge in [0, 0.05) is 31.6 Å². The van der Waals surface area contributed by atoms with Crippen LogP contribution < -0.4 is 11.1 Å². The summed E-state index contributed by atoms with van der Waals surface area (Å²) in [7, 11) is 0. The molecular weight excluding hydrogens is 393 g/mol. The highest BCUT2D eigenvalue weighted by Gasteiger charge is 2.23. The van der Waals surface area contributed by atoms with Crippen LogP contribution in [-0.2, 0) is 11.3 Å². The van der Waals surface area contributed by atoms with E-state index in [-0.39, 0.29) is 36.8 Å². The minimum Gasteiger partial charge on any atom is -0.354 e. The lowest BCUT2D eigenvalue weighted by Gasteiger charge is -2.36. The van der Waals surface area contributed by atoms with E-state index in [0.29, 0.717) is 19.0 Å². The number of benzene rings is 2. The van der Waals surface area contributed by atoms with E-state index < -0.39 is 0 Å². The smallest absolute Gasteiger partial charge is 0.221 e. The molecule has 3 N–H and O–H groups in total. The van der Waals surface area contributed by atoms with Gasteiger partial charge < -0.3 is 11.1 Å². The van der Waals surface area contributed by atoms with Gasteiger partial charge in [-0.1, -0.05) is 67.1 Å². The Balaban J connectivity index is 0.00000196. The maximum absolute atomic E-state index is 12.3. The molecule has 0 bridgehead atoms. The Morgan fingerprint density at radius 3 is 2.36 bits per heavy atom. The molecule has 0 spiro atoms. The molecule has 0 aromatic heterocycles. The SMILES string of the molecule is Cl.Cl.NC(CC(=O)NCC1CCCCN1Cc1ccccc1)c1ccccc1. The van der Waals surface area contributed by atoms with E-state index in [1.807, 2.05) is 36.4 Å². The lowest BCUT2D eigenvalue weighted by molar-refractivity contribution is -0.121. The summed E-state index contributed by atoms with van der Waals surface area (Å²) in [6.45, 7) is 2.75. The molecule has 0 aliphatic carbocycles. The molecule has 4 nitrogen and oxygen atoms in total. The monoisotopic (exact) mass is 423 g/mol. The highest BCUT2D eigenvalue weighted by Crippen LogP contribution is 2.19. The number of hydrogen-bond acceptors (Lipinski definition) is 3. The summed E-state index contributed by atoms with van der Waals surface area (Å²) in [5.41, 5.74) is 8.50. The number of piperidine rings is 1. The van der Waals surface area contributed by atoms with Gasteiger partial charge in [-0.2, -0.15) is 0 Å². The van der Waals surface area contributed by atoms with Crippen molar-refractivity contribution in [1.82, 2.24) is 10.2 Å². The van der Waals surface area contributed by atoms with Crippen molar-refractivity contribution in [2.24, 2.45) is 5.73 Å². The standard InChI is InChI=1S/C22H29N3O.2ClH/c23-21(19-11-5-2-6-12-19)15-22(26)24-16-20-13-7-8-14-25(20)17-18-9-3-1-4-10-18;;/h1-6,9-12,20-21H,7-8,13-17,23H2,(H,24,26);2*1H. The van der Waals surface area contributed by atoms with Gasteiger partial charge in [0.2, 0.25) is 5.91 Å². The lowest BCUT2D eigenvalue weighted by atomic mass is 10.0. The molecule has 1 aliphatic rings. The second kappa shape index (κ2) is 12.8. The van der Waals surface area contributed by atoms with E-state index in [9.17, 15) is 4.79 Å². The maximum atomic E-state index is 12.3. The zero-order valence-corrected chi connectivity index (χ0v) is 17.8. The van der Waals surface area contributed by atoms with Crippen LogP contribution in [0, 0.1) is 0 Å². The molecule has 6 heteroatoms. The van der Waals surface area contributed by atoms with Crippen molar-refractivity contribution >= 4 is 30.7 Å². The molecule has 154 valence electrons. The summed E-state index contributed by atoms with van der Waals surface area (Å²) < 4.78 is 0. The van der Waals surface area contributed by atoms with Crippen LogP contribution in [0.3, 0.4) is 0 Å². The number of halogens is 2. The Hall–Kier alpha value is -1.59. The van der Waals surface area contributed by atoms with Gasteiger partial charge in [-0.05, 0) is 30.5 Å². The molecule has 2 aromatic rings. The first-order chi connectivity index (χ1) is 12.7. The number of likely N-dealkylation sites (tertiary alicyclic amines) is 1. The van der Waals surface area contributed by atoms with E-state index in [0.717, 1.165) is 25.1 Å². The number of carbonyl (C=O) groups excluding carboxylic acids is 1. The Morgan fingerprint density at radius 2 is 1.68 bits per heavy atom. The van der Waals surface area contributed by atoms with E-state index in [4.69, 9.17) is 5.73 Å². The molecule has 2 unspecified atom stereocenters. The topological polar surface area (TPSA) is 58.4 Å². The average molecular weight is 424 g/mol. The van der Waals surface area contributed by atoms with Gasteiger partial charge in [0.25, 0.3) is 0 Å². The summed E-state index contributed by atoms with van der Waals surface area (Å²) in [6.07, 6.45) is 3.93. The predicted molar refractivity (Wildman–Crippen MR) is 120 cm³/mol. The van der Waals surface area contributed by atoms with Gasteiger partial charge in [0.05, 0.1) is 0 Å². The van der Waals surface area contributed by atoms with Crippen LogP contribution in [0.15, 0.2) is 60.7 Å². The lowest BCUT2D eigenvalue weighted by Crippen LogP contribution is -2.46. The van der Waals surface area contributed by atoms with Crippen LogP contribution in [0.2, 0.25) is 0 Å². The van der Waals surface area contributed by atoms with Crippen LogP contribution >= 0.6 is 24.8 Å². The van der Waals surface area contributed by atoms with Crippen LogP contribution in [0.5, 0.6) is 0 Å². The summed E-state index contributed by atoms with van der Waals surface area (Å²) in [6, 6.07) is 20.5. The van der Waals surface area contributed by atoms with Crippen molar-refractivity contribution in [1.29, 1.82) is 0 Å². The number of carbonyl (C=O) groups is 1. The van der Waals surface area contributed by atoms with Crippen molar-refractivity contribution in [2.75, 3.05) is 13.1 Å². The zero-order valence-electron chi connectivity index (χ0n) is 16.1. The molecule has 1 fully saturated rings. The first-order valence-electron chi connectivity index (χ1n) is 9.57. The van der Waals surface area contributed by atoms with E-state index in [1.165, 1.54) is 18.4 Å². The van der Waals surface area contributed by atoms with E-state index in [1.54, 1.807) is 0 Å². The number of amides is 1. The number of nitrogens with zero attached hydrogens (tertiary/aromatic N) is 1. The van der Waals surface area contributed by atoms with Crippen molar-refractivity contribution in [3.63, 3.8) is 0 Å². The van der Waals surface area contributed by atoms with Gasteiger partial charge in [0.15, 0.2) is 0 Å². The van der Waals surface area contributed by atoms with Crippen LogP contribution in [0.25, 0.3) is 0 Å². The van der Waals surface area contributed by atoms with Crippen LogP contribution in [-0.4, -0.2) is 29.9 Å². The Kier molecular flexibility index (Phi) is 11.2. The Bertz CT molecular complexity index is 685. The molecule has 3 rings (SSSR count). The summed E-state index contributed by atoms with van der Waals surface area (Å²) in [5, 5.41) is 3.11. The minimum absolute atomic E-state index is 0. The molecule has 0 saturated carbocycles. The highest BCUT2D eigenvalue weighted by molar-refractivity contribution is 5.85. The molecule has 28 heavy (non-hydrogen) atoms. The molecule has 2 atom stereocenters. The van der Waals surface area contributed by atoms with Crippen LogP contribution in [0.4, 0.5) is 0 Å². The van der Waals surface area contributed by atoms with Gasteiger partial charge in [-0.3, -0.25) is 9.69 Å². The third-order valence-corrected chi connectivity index (χ3v) is 5.15. The molecule has 0 radical (unpaired) electrons. The first kappa shape index (κ1) is 24.4. The third kappa shape index (κ3) is 7.44. The average Bonchev–Trinajstić information content (AvgIpc) is 2.69. The predicted octanol–water partition coefficient (Wildman–Crippen LogP) is 4.09. The van der Waals surface area contributed by atoms with Gasteiger partial charge in [-0.25, -0.2) is 0 Å². The second-order valence-corrected chi connectivity index (χ2v) is 7.13. The Morgan fingerprint density at radius 1 is 1.04 bits per heavy atom. The first-order valence-corrected chi connectivity index (χ1v) is 9.57. The molecule has 1 aliphatic heterocycles. The summed E-state index contributed by atoms with van der Waals surface area (Å²) in [5.74, 6) is 0.0339. The largest absolute Gasteiger partial charge is 0.354 e. The van der Waals surface area contributed by atoms with E-state index in [2.05, 4.69) is 34.5 Å². The van der Waals surface area contributed by atoms with Crippen molar-refractivity contribution in [3.05, 3.63) is 71.8 Å². The quantitative estimate of drug-likeness (QED) is 0.704. The van der Waals surface area contributed by atoms with Gasteiger partial charge in [0.1, 0.15) is 0 Å². The number of nitrogens with one attached hydrogen (secondary N) is 1. The van der Waals surface area contributed by atoms with E-state index >= 15 is 0 Å². The molecule has 2 aromatic carbocycles. The minimum atomic E-state index is -0.247.